The summed E-state index contributed by atoms with van der Waals surface area (Å²) in [6, 6.07) is 4.11. The van der Waals surface area contributed by atoms with Gasteiger partial charge in [0.1, 0.15) is 0 Å². The van der Waals surface area contributed by atoms with Crippen molar-refractivity contribution in [2.75, 3.05) is 10.6 Å². The molecule has 0 saturated heterocycles. The van der Waals surface area contributed by atoms with Crippen molar-refractivity contribution in [3.05, 3.63) is 22.4 Å². The summed E-state index contributed by atoms with van der Waals surface area (Å²) in [7, 11) is 0. The zero-order valence-electron chi connectivity index (χ0n) is 8.49. The highest BCUT2D eigenvalue weighted by Gasteiger charge is 2.08. The van der Waals surface area contributed by atoms with E-state index in [2.05, 4.69) is 39.2 Å². The van der Waals surface area contributed by atoms with Crippen molar-refractivity contribution < 1.29 is 4.79 Å². The molecule has 0 radical (unpaired) electrons. The number of anilines is 1. The maximum absolute atomic E-state index is 11.1. The molecule has 0 aliphatic carbocycles. The molecule has 0 bridgehead atoms. The lowest BCUT2D eigenvalue weighted by molar-refractivity contribution is -0.113. The van der Waals surface area contributed by atoms with Crippen LogP contribution < -0.4 is 5.32 Å². The van der Waals surface area contributed by atoms with Gasteiger partial charge in [-0.3, -0.25) is 4.79 Å². The van der Waals surface area contributed by atoms with Gasteiger partial charge in [-0.05, 0) is 19.1 Å². The summed E-state index contributed by atoms with van der Waals surface area (Å²) < 4.78 is 0. The van der Waals surface area contributed by atoms with E-state index >= 15 is 0 Å². The lowest BCUT2D eigenvalue weighted by Crippen LogP contribution is -2.11. The highest BCUT2D eigenvalue weighted by atomic mass is 79.9. The van der Waals surface area contributed by atoms with Crippen LogP contribution >= 0.6 is 38.6 Å². The SMILES string of the molecule is Cc1ccc(-c2csc(NC(=O)CBr)n2)s1. The van der Waals surface area contributed by atoms with Gasteiger partial charge in [0.05, 0.1) is 15.9 Å². The fourth-order valence-corrected chi connectivity index (χ4v) is 2.94. The number of rotatable bonds is 3. The molecule has 3 nitrogen and oxygen atoms in total. The second-order valence-corrected chi connectivity index (χ2v) is 5.84. The zero-order chi connectivity index (χ0) is 11.5. The van der Waals surface area contributed by atoms with Crippen molar-refractivity contribution in [1.29, 1.82) is 0 Å². The van der Waals surface area contributed by atoms with Gasteiger partial charge in [0.2, 0.25) is 5.91 Å². The molecule has 0 spiro atoms. The molecule has 6 heteroatoms. The highest BCUT2D eigenvalue weighted by molar-refractivity contribution is 9.09. The van der Waals surface area contributed by atoms with Crippen LogP contribution in [0.1, 0.15) is 4.88 Å². The number of hydrogen-bond donors (Lipinski definition) is 1. The number of nitrogens with one attached hydrogen (secondary N) is 1. The molecule has 2 aromatic rings. The lowest BCUT2D eigenvalue weighted by atomic mass is 10.4. The standard InChI is InChI=1S/C10H9BrN2OS2/c1-6-2-3-8(16-6)7-5-15-10(12-7)13-9(14)4-11/h2-3,5H,4H2,1H3,(H,12,13,14). The van der Waals surface area contributed by atoms with Crippen LogP contribution in [0.3, 0.4) is 0 Å². The molecule has 0 unspecified atom stereocenters. The smallest absolute Gasteiger partial charge is 0.236 e. The maximum atomic E-state index is 11.1. The van der Waals surface area contributed by atoms with Crippen LogP contribution in [0.5, 0.6) is 0 Å². The Labute approximate surface area is 110 Å². The summed E-state index contributed by atoms with van der Waals surface area (Å²) in [6.45, 7) is 2.06. The molecule has 84 valence electrons. The average molecular weight is 317 g/mol. The summed E-state index contributed by atoms with van der Waals surface area (Å²) >= 11 is 6.24. The molecule has 2 aromatic heterocycles. The van der Waals surface area contributed by atoms with Crippen LogP contribution in [0.15, 0.2) is 17.5 Å². The first-order valence-electron chi connectivity index (χ1n) is 4.57. The third kappa shape index (κ3) is 2.69. The number of carbonyl (C=O) groups excluding carboxylic acids is 1. The van der Waals surface area contributed by atoms with Gasteiger partial charge in [0, 0.05) is 10.3 Å². The van der Waals surface area contributed by atoms with Gasteiger partial charge in [-0.2, -0.15) is 0 Å². The normalized spacial score (nSPS) is 10.4. The first-order chi connectivity index (χ1) is 7.69. The van der Waals surface area contributed by atoms with E-state index in [1.165, 1.54) is 16.2 Å². The van der Waals surface area contributed by atoms with E-state index in [4.69, 9.17) is 0 Å². The van der Waals surface area contributed by atoms with Crippen LogP contribution in [0, 0.1) is 6.92 Å². The van der Waals surface area contributed by atoms with Gasteiger partial charge in [-0.15, -0.1) is 22.7 Å². The zero-order valence-corrected chi connectivity index (χ0v) is 11.7. The summed E-state index contributed by atoms with van der Waals surface area (Å²) in [5, 5.41) is 5.60. The minimum Gasteiger partial charge on any atom is -0.301 e. The van der Waals surface area contributed by atoms with Crippen molar-refractivity contribution in [3.63, 3.8) is 0 Å². The second kappa shape index (κ2) is 5.07. The van der Waals surface area contributed by atoms with Crippen LogP contribution in [-0.2, 0) is 4.79 Å². The van der Waals surface area contributed by atoms with Crippen molar-refractivity contribution in [2.24, 2.45) is 0 Å². The monoisotopic (exact) mass is 316 g/mol. The average Bonchev–Trinajstić information content (AvgIpc) is 2.87. The van der Waals surface area contributed by atoms with Gasteiger partial charge in [-0.1, -0.05) is 15.9 Å². The number of thiazole rings is 1. The van der Waals surface area contributed by atoms with E-state index in [9.17, 15) is 4.79 Å². The molecule has 0 saturated carbocycles. The maximum Gasteiger partial charge on any atom is 0.236 e. The number of hydrogen-bond acceptors (Lipinski definition) is 4. The molecule has 0 fully saturated rings. The highest BCUT2D eigenvalue weighted by Crippen LogP contribution is 2.30. The molecule has 1 amide bonds. The Morgan fingerprint density at radius 2 is 2.38 bits per heavy atom. The Bertz CT molecular complexity index is 506. The molecular weight excluding hydrogens is 308 g/mol. The molecule has 0 aromatic carbocycles. The topological polar surface area (TPSA) is 42.0 Å². The summed E-state index contributed by atoms with van der Waals surface area (Å²) in [6.07, 6.45) is 0. The van der Waals surface area contributed by atoms with Gasteiger partial charge < -0.3 is 5.32 Å². The Morgan fingerprint density at radius 1 is 1.56 bits per heavy atom. The minimum atomic E-state index is -0.0803. The van der Waals surface area contributed by atoms with Crippen LogP contribution in [0.25, 0.3) is 10.6 Å². The first kappa shape index (κ1) is 11.8. The molecule has 2 heterocycles. The summed E-state index contributed by atoms with van der Waals surface area (Å²) in [4.78, 5) is 17.9. The number of carbonyl (C=O) groups is 1. The molecule has 0 atom stereocenters. The molecular formula is C10H9BrN2OS2. The van der Waals surface area contributed by atoms with Crippen molar-refractivity contribution >= 4 is 49.6 Å². The molecule has 16 heavy (non-hydrogen) atoms. The third-order valence-electron chi connectivity index (χ3n) is 1.86. The van der Waals surface area contributed by atoms with E-state index in [1.807, 2.05) is 11.4 Å². The first-order valence-corrected chi connectivity index (χ1v) is 7.39. The summed E-state index contributed by atoms with van der Waals surface area (Å²) in [5.74, 6) is -0.0803. The predicted molar refractivity (Wildman–Crippen MR) is 72.6 cm³/mol. The Kier molecular flexibility index (Phi) is 3.73. The van der Waals surface area contributed by atoms with E-state index in [-0.39, 0.29) is 5.91 Å². The Morgan fingerprint density at radius 3 is 3.00 bits per heavy atom. The third-order valence-corrected chi connectivity index (χ3v) is 4.15. The predicted octanol–water partition coefficient (Wildman–Crippen LogP) is 3.51. The van der Waals surface area contributed by atoms with E-state index in [0.29, 0.717) is 10.5 Å². The van der Waals surface area contributed by atoms with E-state index < -0.39 is 0 Å². The van der Waals surface area contributed by atoms with Crippen molar-refractivity contribution in [2.45, 2.75) is 6.92 Å². The van der Waals surface area contributed by atoms with Gasteiger partial charge in [0.15, 0.2) is 5.13 Å². The van der Waals surface area contributed by atoms with E-state index in [0.717, 1.165) is 10.6 Å². The van der Waals surface area contributed by atoms with Gasteiger partial charge in [-0.25, -0.2) is 4.98 Å². The van der Waals surface area contributed by atoms with Gasteiger partial charge >= 0.3 is 0 Å². The van der Waals surface area contributed by atoms with Crippen LogP contribution in [-0.4, -0.2) is 16.2 Å². The second-order valence-electron chi connectivity index (χ2n) is 3.13. The minimum absolute atomic E-state index is 0.0803. The number of aromatic nitrogens is 1. The molecule has 1 N–H and O–H groups in total. The molecule has 0 aliphatic heterocycles. The number of thiophene rings is 1. The number of alkyl halides is 1. The van der Waals surface area contributed by atoms with E-state index in [1.54, 1.807) is 11.3 Å². The Hall–Kier alpha value is -0.720. The van der Waals surface area contributed by atoms with Crippen molar-refractivity contribution in [3.8, 4) is 10.6 Å². The largest absolute Gasteiger partial charge is 0.301 e. The quantitative estimate of drug-likeness (QED) is 0.880. The van der Waals surface area contributed by atoms with Gasteiger partial charge in [0.25, 0.3) is 0 Å². The van der Waals surface area contributed by atoms with Crippen molar-refractivity contribution in [1.82, 2.24) is 4.98 Å². The van der Waals surface area contributed by atoms with Crippen LogP contribution in [0.4, 0.5) is 5.13 Å². The number of halogens is 1. The molecule has 2 rings (SSSR count). The number of aryl methyl sites for hydroxylation is 1. The molecule has 0 aliphatic rings. The summed E-state index contributed by atoms with van der Waals surface area (Å²) in [5.41, 5.74) is 0.924. The number of nitrogens with zero attached hydrogens (tertiary/aromatic N) is 1. The fourth-order valence-electron chi connectivity index (χ4n) is 1.17. The fraction of sp³-hybridized carbons (Fsp3) is 0.200. The van der Waals surface area contributed by atoms with Crippen LogP contribution in [0.2, 0.25) is 0 Å². The Balaban J connectivity index is 2.16. The lowest BCUT2D eigenvalue weighted by Gasteiger charge is -1.95. The number of amides is 1.